The van der Waals surface area contributed by atoms with Gasteiger partial charge in [-0.3, -0.25) is 19.2 Å². The fraction of sp³-hybridized carbons (Fsp3) is 0.385. The normalized spacial score (nSPS) is 18.3. The second-order valence-electron chi connectivity index (χ2n) is 9.42. The molecule has 0 aromatic heterocycles. The van der Waals surface area contributed by atoms with Gasteiger partial charge in [0, 0.05) is 5.69 Å². The number of amides is 3. The third-order valence-corrected chi connectivity index (χ3v) is 5.48. The van der Waals surface area contributed by atoms with Gasteiger partial charge in [0.1, 0.15) is 12.1 Å². The van der Waals surface area contributed by atoms with Gasteiger partial charge in [-0.05, 0) is 29.5 Å². The number of nitrogens with one attached hydrogen (secondary N) is 3. The molecule has 3 atom stereocenters. The molecule has 2 unspecified atom stereocenters. The summed E-state index contributed by atoms with van der Waals surface area (Å²) in [6.45, 7) is 7.64. The van der Waals surface area contributed by atoms with Gasteiger partial charge in [0.2, 0.25) is 12.2 Å². The Morgan fingerprint density at radius 1 is 1.03 bits per heavy atom. The van der Waals surface area contributed by atoms with Crippen LogP contribution >= 0.6 is 0 Å². The molecule has 0 spiro atoms. The fourth-order valence-corrected chi connectivity index (χ4v) is 3.62. The molecule has 0 saturated carbocycles. The summed E-state index contributed by atoms with van der Waals surface area (Å²) >= 11 is 0. The number of hydrogen-bond donors (Lipinski definition) is 3. The summed E-state index contributed by atoms with van der Waals surface area (Å²) in [5.41, 5.74) is 2.05. The van der Waals surface area contributed by atoms with Crippen molar-refractivity contribution in [2.75, 3.05) is 5.32 Å². The molecule has 9 heteroatoms. The number of carbonyl (C=O) groups excluding carboxylic acids is 4. The van der Waals surface area contributed by atoms with Gasteiger partial charge in [-0.15, -0.1) is 0 Å². The van der Waals surface area contributed by atoms with Crippen LogP contribution in [0, 0.1) is 0 Å². The Bertz CT molecular complexity index is 1080. The summed E-state index contributed by atoms with van der Waals surface area (Å²) in [7, 11) is 0. The smallest absolute Gasteiger partial charge is 0.313 e. The molecule has 2 aromatic rings. The van der Waals surface area contributed by atoms with E-state index in [9.17, 15) is 19.2 Å². The van der Waals surface area contributed by atoms with Crippen LogP contribution in [0.5, 0.6) is 0 Å². The highest BCUT2D eigenvalue weighted by atomic mass is 16.7. The second-order valence-corrected chi connectivity index (χ2v) is 9.42. The Labute approximate surface area is 204 Å². The highest BCUT2D eigenvalue weighted by molar-refractivity contribution is 6.40. The predicted octanol–water partition coefficient (Wildman–Crippen LogP) is 2.40. The first kappa shape index (κ1) is 25.9. The summed E-state index contributed by atoms with van der Waals surface area (Å²) in [6, 6.07) is 14.8. The number of esters is 1. The molecule has 3 N–H and O–H groups in total. The summed E-state index contributed by atoms with van der Waals surface area (Å²) in [5, 5.41) is 7.66. The van der Waals surface area contributed by atoms with E-state index in [1.165, 1.54) is 6.92 Å². The highest BCUT2D eigenvalue weighted by Crippen LogP contribution is 2.29. The third-order valence-electron chi connectivity index (χ3n) is 5.48. The Balaban J connectivity index is 1.54. The zero-order valence-corrected chi connectivity index (χ0v) is 20.3. The van der Waals surface area contributed by atoms with Crippen molar-refractivity contribution >= 4 is 29.4 Å². The highest BCUT2D eigenvalue weighted by Gasteiger charge is 2.37. The number of carbonyl (C=O) groups is 4. The maximum absolute atomic E-state index is 12.6. The number of hydrogen-bond acceptors (Lipinski definition) is 6. The van der Waals surface area contributed by atoms with Crippen molar-refractivity contribution in [1.29, 1.82) is 0 Å². The maximum atomic E-state index is 12.6. The van der Waals surface area contributed by atoms with E-state index >= 15 is 0 Å². The molecule has 0 bridgehead atoms. The molecule has 0 radical (unpaired) electrons. The zero-order valence-electron chi connectivity index (χ0n) is 20.3. The lowest BCUT2D eigenvalue weighted by Gasteiger charge is -2.23. The molecule has 9 nitrogen and oxygen atoms in total. The van der Waals surface area contributed by atoms with E-state index in [2.05, 4.69) is 16.0 Å². The minimum absolute atomic E-state index is 0.0596. The predicted molar refractivity (Wildman–Crippen MR) is 129 cm³/mol. The Kier molecular flexibility index (Phi) is 8.24. The minimum Gasteiger partial charge on any atom is -0.433 e. The van der Waals surface area contributed by atoms with Crippen molar-refractivity contribution in [2.24, 2.45) is 0 Å². The van der Waals surface area contributed by atoms with Gasteiger partial charge in [-0.25, -0.2) is 0 Å². The molecule has 2 aromatic carbocycles. The lowest BCUT2D eigenvalue weighted by Crippen LogP contribution is -2.52. The number of cyclic esters (lactones) is 1. The van der Waals surface area contributed by atoms with Crippen LogP contribution in [0.2, 0.25) is 0 Å². The number of ether oxygens (including phenoxy) is 2. The van der Waals surface area contributed by atoms with Crippen LogP contribution in [0.3, 0.4) is 0 Å². The van der Waals surface area contributed by atoms with Gasteiger partial charge in [0.05, 0.1) is 13.0 Å². The standard InChI is InChI=1S/C26H31N3O6/c1-16(27-23(32)24(33)28-19-13-9-8-12-18(19)26(2,3)4)22(31)29-20-14-21(30)35-25(20)34-15-17-10-6-5-7-11-17/h5-13,16,20,25H,14-15H2,1-4H3,(H,27,32)(H,28,33)(H,29,31)/t16-,20?,25?/m0/s1. The van der Waals surface area contributed by atoms with E-state index in [0.717, 1.165) is 11.1 Å². The molecule has 3 amide bonds. The van der Waals surface area contributed by atoms with Crippen LogP contribution in [0.4, 0.5) is 5.69 Å². The molecular formula is C26H31N3O6. The monoisotopic (exact) mass is 481 g/mol. The van der Waals surface area contributed by atoms with Crippen molar-refractivity contribution in [2.45, 2.75) is 64.5 Å². The number of anilines is 1. The Morgan fingerprint density at radius 2 is 1.69 bits per heavy atom. The van der Waals surface area contributed by atoms with Gasteiger partial charge < -0.3 is 25.4 Å². The Hall–Kier alpha value is -3.72. The van der Waals surface area contributed by atoms with Gasteiger partial charge in [-0.2, -0.15) is 0 Å². The van der Waals surface area contributed by atoms with Gasteiger partial charge >= 0.3 is 17.8 Å². The largest absolute Gasteiger partial charge is 0.433 e. The van der Waals surface area contributed by atoms with E-state index in [-0.39, 0.29) is 18.4 Å². The lowest BCUT2D eigenvalue weighted by atomic mass is 9.86. The van der Waals surface area contributed by atoms with E-state index < -0.39 is 42.1 Å². The summed E-state index contributed by atoms with van der Waals surface area (Å²) < 4.78 is 10.8. The van der Waals surface area contributed by atoms with E-state index in [4.69, 9.17) is 9.47 Å². The summed E-state index contributed by atoms with van der Waals surface area (Å²) in [4.78, 5) is 49.3. The van der Waals surface area contributed by atoms with E-state index in [1.54, 1.807) is 12.1 Å². The number of para-hydroxylation sites is 1. The molecule has 1 aliphatic rings. The van der Waals surface area contributed by atoms with Crippen LogP contribution in [0.15, 0.2) is 54.6 Å². The fourth-order valence-electron chi connectivity index (χ4n) is 3.62. The van der Waals surface area contributed by atoms with Gasteiger partial charge in [-0.1, -0.05) is 69.3 Å². The first-order chi connectivity index (χ1) is 16.5. The van der Waals surface area contributed by atoms with Crippen molar-refractivity contribution < 1.29 is 28.7 Å². The molecule has 1 fully saturated rings. The molecule has 1 heterocycles. The van der Waals surface area contributed by atoms with Crippen molar-refractivity contribution in [3.05, 3.63) is 65.7 Å². The van der Waals surface area contributed by atoms with E-state index in [1.807, 2.05) is 63.2 Å². The number of benzene rings is 2. The SMILES string of the molecule is C[C@H](NC(=O)C(=O)Nc1ccccc1C(C)(C)C)C(=O)NC1CC(=O)OC1OCc1ccccc1. The van der Waals surface area contributed by atoms with Crippen LogP contribution in [0.1, 0.15) is 45.2 Å². The lowest BCUT2D eigenvalue weighted by molar-refractivity contribution is -0.168. The topological polar surface area (TPSA) is 123 Å². The minimum atomic E-state index is -1.03. The van der Waals surface area contributed by atoms with Crippen molar-refractivity contribution in [3.8, 4) is 0 Å². The van der Waals surface area contributed by atoms with Gasteiger partial charge in [0.15, 0.2) is 0 Å². The average Bonchev–Trinajstić information content (AvgIpc) is 3.16. The number of rotatable bonds is 7. The molecular weight excluding hydrogens is 450 g/mol. The van der Waals surface area contributed by atoms with E-state index in [0.29, 0.717) is 5.69 Å². The molecule has 186 valence electrons. The summed E-state index contributed by atoms with van der Waals surface area (Å²) in [5.74, 6) is -2.91. The molecule has 1 saturated heterocycles. The van der Waals surface area contributed by atoms with Gasteiger partial charge in [0.25, 0.3) is 0 Å². The second kappa shape index (κ2) is 11.1. The Morgan fingerprint density at radius 3 is 2.37 bits per heavy atom. The molecule has 1 aliphatic heterocycles. The zero-order chi connectivity index (χ0) is 25.6. The third kappa shape index (κ3) is 7.13. The summed E-state index contributed by atoms with van der Waals surface area (Å²) in [6.07, 6.45) is -1.01. The molecule has 35 heavy (non-hydrogen) atoms. The van der Waals surface area contributed by atoms with Crippen LogP contribution in [-0.2, 0) is 40.7 Å². The average molecular weight is 482 g/mol. The molecule has 0 aliphatic carbocycles. The molecule has 3 rings (SSSR count). The van der Waals surface area contributed by atoms with Crippen molar-refractivity contribution in [1.82, 2.24) is 10.6 Å². The van der Waals surface area contributed by atoms with Crippen LogP contribution in [0.25, 0.3) is 0 Å². The van der Waals surface area contributed by atoms with Crippen LogP contribution < -0.4 is 16.0 Å². The quantitative estimate of drug-likeness (QED) is 0.412. The van der Waals surface area contributed by atoms with Crippen LogP contribution in [-0.4, -0.2) is 42.1 Å². The first-order valence-corrected chi connectivity index (χ1v) is 11.4. The first-order valence-electron chi connectivity index (χ1n) is 11.4. The van der Waals surface area contributed by atoms with Crippen molar-refractivity contribution in [3.63, 3.8) is 0 Å². The maximum Gasteiger partial charge on any atom is 0.313 e.